The van der Waals surface area contributed by atoms with Crippen molar-refractivity contribution in [2.24, 2.45) is 45.4 Å². The van der Waals surface area contributed by atoms with Crippen LogP contribution in [0.2, 0.25) is 0 Å². The zero-order valence-electron chi connectivity index (χ0n) is 34.3. The van der Waals surface area contributed by atoms with Crippen LogP contribution in [-0.2, 0) is 55.4 Å². The first kappa shape index (κ1) is 49.7. The van der Waals surface area contributed by atoms with Crippen LogP contribution in [0, 0.1) is 40.4 Å². The molecule has 21 heteroatoms. The molecule has 0 aliphatic carbocycles. The topological polar surface area (TPSA) is 353 Å². The van der Waals surface area contributed by atoms with Gasteiger partial charge in [-0.2, -0.15) is 17.1 Å². The minimum atomic E-state index is -1.47. The van der Waals surface area contributed by atoms with Crippen LogP contribution in [0.15, 0.2) is 63.4 Å². The number of carboxylic acid groups (broad SMARTS) is 8. The standard InChI is InChI=1S/C42H50N4O16.Fe/c1-41(17-39(59)60)23(5-9-35(51)52)29-14-30-24(6-10-36(53)54)42(2,18-40(61)62)32(46-30)16-28-22(12-38(57)58)19(3-7-33(47)48)25(43-28)13-26-21(11-37(55)56)20(4-8-34(49)50)27(44-26)15-31(41)45-29;/h13-16,20-24,27-28H,3-12,17-18H2,1-2H3,(H9,45,46,47,48,49,50,51,52,53,54,55,56,57,58,59,60,61,62);/q-2;+3/p-1. The van der Waals surface area contributed by atoms with Crippen molar-refractivity contribution in [1.82, 2.24) is 0 Å². The molecule has 2 saturated heterocycles. The van der Waals surface area contributed by atoms with Gasteiger partial charge in [0.1, 0.15) is 0 Å². The zero-order valence-corrected chi connectivity index (χ0v) is 35.4. The fourth-order valence-electron chi connectivity index (χ4n) is 9.79. The molecule has 0 aromatic carbocycles. The molecule has 0 aromatic heterocycles. The van der Waals surface area contributed by atoms with Gasteiger partial charge in [0.15, 0.2) is 0 Å². The summed E-state index contributed by atoms with van der Waals surface area (Å²) in [4.78, 5) is 103. The third-order valence-electron chi connectivity index (χ3n) is 12.7. The summed E-state index contributed by atoms with van der Waals surface area (Å²) in [6, 6.07) is -2.15. The van der Waals surface area contributed by atoms with E-state index in [2.05, 4.69) is 0 Å². The van der Waals surface area contributed by atoms with Crippen molar-refractivity contribution in [3.8, 4) is 0 Å². The van der Waals surface area contributed by atoms with E-state index in [1.807, 2.05) is 0 Å². The zero-order chi connectivity index (χ0) is 45.8. The van der Waals surface area contributed by atoms with Crippen molar-refractivity contribution < 1.29 is 96.3 Å². The Morgan fingerprint density at radius 2 is 1.13 bits per heavy atom. The number of carbonyl (C=O) groups is 8. The minimum absolute atomic E-state index is 0. The van der Waals surface area contributed by atoms with Crippen molar-refractivity contribution in [2.45, 2.75) is 103 Å². The molecule has 9 atom stereocenters. The molecule has 0 spiro atoms. The Labute approximate surface area is 371 Å². The van der Waals surface area contributed by atoms with Gasteiger partial charge < -0.3 is 56.8 Å². The molecule has 20 nitrogen and oxygen atoms in total. The van der Waals surface area contributed by atoms with Gasteiger partial charge in [-0.15, -0.1) is 11.8 Å². The molecular formula is C42H49FeN4O16. The van der Waals surface area contributed by atoms with Crippen molar-refractivity contribution in [1.29, 1.82) is 0 Å². The summed E-state index contributed by atoms with van der Waals surface area (Å²) in [5.74, 6) is -14.6. The second kappa shape index (κ2) is 20.0. The normalized spacial score (nSPS) is 29.3. The molecule has 5 aliphatic rings. The van der Waals surface area contributed by atoms with E-state index in [9.17, 15) is 79.2 Å². The smallest absolute Gasteiger partial charge is 0.682 e. The maximum atomic E-state index is 12.6. The molecule has 0 aromatic rings. The fraction of sp³-hybridized carbons (Fsp3) is 0.548. The summed E-state index contributed by atoms with van der Waals surface area (Å²) in [6.07, 6.45) is 1.23. The van der Waals surface area contributed by atoms with Crippen LogP contribution in [-0.4, -0.2) is 106 Å². The Kier molecular flexibility index (Phi) is 15.8. The van der Waals surface area contributed by atoms with Gasteiger partial charge >= 0.3 is 64.8 Å². The molecule has 9 unspecified atom stereocenters. The summed E-state index contributed by atoms with van der Waals surface area (Å²) < 4.78 is 0. The van der Waals surface area contributed by atoms with E-state index < -0.39 is 152 Å². The van der Waals surface area contributed by atoms with Gasteiger partial charge in [-0.3, -0.25) is 43.3 Å². The maximum Gasteiger partial charge on any atom is 3.00 e. The number of hydrogen-bond donors (Lipinski definition) is 8. The summed E-state index contributed by atoms with van der Waals surface area (Å²) in [5, 5.41) is 94.4. The fourth-order valence-corrected chi connectivity index (χ4v) is 9.79. The number of nitrogens with zero attached hydrogens (tertiary/aromatic N) is 4. The quantitative estimate of drug-likeness (QED) is 0.0690. The average molecular weight is 922 g/mol. The van der Waals surface area contributed by atoms with Crippen molar-refractivity contribution in [3.05, 3.63) is 74.3 Å². The second-order valence-electron chi connectivity index (χ2n) is 16.9. The van der Waals surface area contributed by atoms with Crippen LogP contribution in [0.3, 0.4) is 0 Å². The van der Waals surface area contributed by atoms with Gasteiger partial charge in [0.05, 0.1) is 25.7 Å². The Hall–Kier alpha value is -5.95. The predicted octanol–water partition coefficient (Wildman–Crippen LogP) is 5.59. The SMILES string of the molecule is CC1(CC(=O)O)C2=CC3[N-]C(=C(CCC(=O)O)C3CC(=O)O)C=C3[N-]C(C=C4[N-]C(=CC(=N2)C1CCC(=O)O)C(CCC(=O)O)C4(C)CC(=O)O)C(CCC(=O)O)C3CC(=O)O.[Fe+3]. The maximum absolute atomic E-state index is 12.6. The molecule has 0 saturated carbocycles. The molecule has 5 aliphatic heterocycles. The van der Waals surface area contributed by atoms with E-state index in [4.69, 9.17) is 20.9 Å². The molecule has 5 heterocycles. The predicted molar refractivity (Wildman–Crippen MR) is 215 cm³/mol. The molecule has 1 radical (unpaired) electrons. The third-order valence-corrected chi connectivity index (χ3v) is 12.7. The molecule has 8 N–H and O–H groups in total. The summed E-state index contributed by atoms with van der Waals surface area (Å²) in [6.45, 7) is 3.13. The number of carboxylic acids is 8. The first-order valence-corrected chi connectivity index (χ1v) is 20.1. The Balaban J connectivity index is 0.00000871. The summed E-state index contributed by atoms with van der Waals surface area (Å²) in [5.41, 5.74) is -1.92. The molecule has 5 rings (SSSR count). The molecule has 0 amide bonds. The van der Waals surface area contributed by atoms with Crippen LogP contribution in [0.1, 0.15) is 90.9 Å². The first-order valence-electron chi connectivity index (χ1n) is 20.1. The molecular weight excluding hydrogens is 872 g/mol. The first-order chi connectivity index (χ1) is 29.0. The van der Waals surface area contributed by atoms with Crippen LogP contribution in [0.4, 0.5) is 0 Å². The Bertz CT molecular complexity index is 2120. The van der Waals surface area contributed by atoms with Crippen LogP contribution in [0.5, 0.6) is 0 Å². The van der Waals surface area contributed by atoms with Gasteiger partial charge in [-0.05, 0) is 54.8 Å². The van der Waals surface area contributed by atoms with E-state index in [0.29, 0.717) is 0 Å². The van der Waals surface area contributed by atoms with Gasteiger partial charge in [0, 0.05) is 48.4 Å². The van der Waals surface area contributed by atoms with E-state index in [1.165, 1.54) is 24.3 Å². The van der Waals surface area contributed by atoms with Gasteiger partial charge in [-0.25, -0.2) is 0 Å². The number of hydrogen-bond acceptors (Lipinski definition) is 9. The molecule has 63 heavy (non-hydrogen) atoms. The van der Waals surface area contributed by atoms with E-state index in [0.717, 1.165) is 0 Å². The monoisotopic (exact) mass is 921 g/mol. The van der Waals surface area contributed by atoms with Crippen LogP contribution >= 0.6 is 0 Å². The number of fused-ring (bicyclic) bond motifs is 7. The number of aliphatic carboxylic acids is 8. The van der Waals surface area contributed by atoms with Gasteiger partial charge in [-0.1, -0.05) is 49.7 Å². The molecule has 8 bridgehead atoms. The number of allylic oxidation sites excluding steroid dienone is 6. The Morgan fingerprint density at radius 1 is 0.587 bits per heavy atom. The third kappa shape index (κ3) is 11.4. The van der Waals surface area contributed by atoms with Crippen LogP contribution in [0.25, 0.3) is 16.0 Å². The summed E-state index contributed by atoms with van der Waals surface area (Å²) in [7, 11) is 0. The van der Waals surface area contributed by atoms with Crippen LogP contribution < -0.4 is 0 Å². The summed E-state index contributed by atoms with van der Waals surface area (Å²) >= 11 is 0. The van der Waals surface area contributed by atoms with E-state index >= 15 is 0 Å². The van der Waals surface area contributed by atoms with Gasteiger partial charge in [0.2, 0.25) is 0 Å². The number of aliphatic imine (C=N–C) groups is 1. The minimum Gasteiger partial charge on any atom is -0.682 e. The molecule has 341 valence electrons. The van der Waals surface area contributed by atoms with Crippen molar-refractivity contribution in [2.75, 3.05) is 0 Å². The van der Waals surface area contributed by atoms with E-state index in [-0.39, 0.29) is 82.5 Å². The second-order valence-corrected chi connectivity index (χ2v) is 16.9. The van der Waals surface area contributed by atoms with E-state index in [1.54, 1.807) is 13.8 Å². The molecule has 2 fully saturated rings. The van der Waals surface area contributed by atoms with Crippen molar-refractivity contribution >= 4 is 53.5 Å². The largest absolute Gasteiger partial charge is 3.00 e. The Morgan fingerprint density at radius 3 is 1.68 bits per heavy atom. The van der Waals surface area contributed by atoms with Crippen molar-refractivity contribution in [3.63, 3.8) is 0 Å². The number of rotatable bonds is 20. The van der Waals surface area contributed by atoms with Gasteiger partial charge in [0.25, 0.3) is 0 Å². The average Bonchev–Trinajstić information content (AvgIpc) is 3.77.